The van der Waals surface area contributed by atoms with E-state index >= 15 is 0 Å². The Morgan fingerprint density at radius 1 is 1.45 bits per heavy atom. The predicted molar refractivity (Wildman–Crippen MR) is 76.5 cm³/mol. The number of hydrogen-bond acceptors (Lipinski definition) is 6. The van der Waals surface area contributed by atoms with E-state index in [0.29, 0.717) is 25.4 Å². The van der Waals surface area contributed by atoms with Gasteiger partial charge < -0.3 is 14.8 Å². The molecule has 2 atom stereocenters. The molecular weight excluding hydrogens is 286 g/mol. The molecule has 1 aliphatic heterocycles. The van der Waals surface area contributed by atoms with Gasteiger partial charge in [-0.15, -0.1) is 0 Å². The molecule has 0 unspecified atom stereocenters. The van der Waals surface area contributed by atoms with Crippen LogP contribution in [0.15, 0.2) is 24.7 Å². The molecule has 8 heteroatoms. The number of ether oxygens (including phenoxy) is 2. The Hall–Kier alpha value is -2.48. The molecule has 0 spiro atoms. The van der Waals surface area contributed by atoms with Crippen molar-refractivity contribution in [1.82, 2.24) is 25.5 Å². The fourth-order valence-electron chi connectivity index (χ4n) is 2.24. The third-order valence-electron chi connectivity index (χ3n) is 3.42. The van der Waals surface area contributed by atoms with Gasteiger partial charge in [-0.1, -0.05) is 0 Å². The van der Waals surface area contributed by atoms with Crippen LogP contribution >= 0.6 is 0 Å². The predicted octanol–water partition coefficient (Wildman–Crippen LogP) is 0.474. The molecule has 2 aromatic heterocycles. The van der Waals surface area contributed by atoms with Crippen LogP contribution in [0, 0.1) is 6.92 Å². The Balaban J connectivity index is 1.65. The lowest BCUT2D eigenvalue weighted by Gasteiger charge is -2.32. The highest BCUT2D eigenvalue weighted by molar-refractivity contribution is 5.90. The maximum Gasteiger partial charge on any atom is 0.288 e. The van der Waals surface area contributed by atoms with E-state index in [4.69, 9.17) is 9.47 Å². The highest BCUT2D eigenvalue weighted by Crippen LogP contribution is 2.17. The van der Waals surface area contributed by atoms with E-state index in [0.717, 1.165) is 5.69 Å². The Kier molecular flexibility index (Phi) is 4.29. The zero-order valence-electron chi connectivity index (χ0n) is 12.2. The van der Waals surface area contributed by atoms with Crippen LogP contribution < -0.4 is 10.1 Å². The summed E-state index contributed by atoms with van der Waals surface area (Å²) in [6, 6.07) is 3.57. The number of carbonyl (C=O) groups is 1. The fraction of sp³-hybridized carbons (Fsp3) is 0.429. The molecule has 2 N–H and O–H groups in total. The summed E-state index contributed by atoms with van der Waals surface area (Å²) in [6.45, 7) is 2.90. The minimum atomic E-state index is -0.306. The van der Waals surface area contributed by atoms with E-state index in [-0.39, 0.29) is 23.9 Å². The summed E-state index contributed by atoms with van der Waals surface area (Å²) in [5, 5.41) is 9.12. The summed E-state index contributed by atoms with van der Waals surface area (Å²) in [5.74, 6) is 0.530. The molecule has 1 fully saturated rings. The molecular formula is C14H17N5O3. The van der Waals surface area contributed by atoms with E-state index in [1.165, 1.54) is 6.33 Å². The zero-order chi connectivity index (χ0) is 15.4. The first kappa shape index (κ1) is 14.5. The van der Waals surface area contributed by atoms with Crippen LogP contribution in [-0.4, -0.2) is 51.4 Å². The first-order chi connectivity index (χ1) is 10.7. The summed E-state index contributed by atoms with van der Waals surface area (Å²) in [6.07, 6.45) is 3.36. The Morgan fingerprint density at radius 2 is 2.36 bits per heavy atom. The lowest BCUT2D eigenvalue weighted by molar-refractivity contribution is -0.0137. The third-order valence-corrected chi connectivity index (χ3v) is 3.42. The molecule has 1 saturated heterocycles. The number of carbonyl (C=O) groups excluding carboxylic acids is 1. The third kappa shape index (κ3) is 3.40. The van der Waals surface area contributed by atoms with Crippen LogP contribution in [0.3, 0.4) is 0 Å². The second-order valence-corrected chi connectivity index (χ2v) is 5.07. The van der Waals surface area contributed by atoms with Crippen molar-refractivity contribution in [3.05, 3.63) is 36.2 Å². The van der Waals surface area contributed by atoms with Gasteiger partial charge in [0.1, 0.15) is 18.2 Å². The van der Waals surface area contributed by atoms with Gasteiger partial charge in [-0.2, -0.15) is 5.10 Å². The normalized spacial score (nSPS) is 21.3. The van der Waals surface area contributed by atoms with Crippen LogP contribution in [0.1, 0.15) is 22.7 Å². The molecule has 0 bridgehead atoms. The van der Waals surface area contributed by atoms with Crippen molar-refractivity contribution in [1.29, 1.82) is 0 Å². The highest BCUT2D eigenvalue weighted by atomic mass is 16.5. The Bertz CT molecular complexity index is 614. The minimum Gasteiger partial charge on any atom is -0.484 e. The average molecular weight is 303 g/mol. The SMILES string of the molecule is Cc1ccc(O[C@H]2COCC[C@H]2NC(=O)c2ncn[nH]2)cn1. The van der Waals surface area contributed by atoms with Gasteiger partial charge in [0.15, 0.2) is 0 Å². The monoisotopic (exact) mass is 303 g/mol. The minimum absolute atomic E-state index is 0.160. The molecule has 22 heavy (non-hydrogen) atoms. The van der Waals surface area contributed by atoms with Crippen molar-refractivity contribution < 1.29 is 14.3 Å². The largest absolute Gasteiger partial charge is 0.484 e. The number of nitrogens with one attached hydrogen (secondary N) is 2. The van der Waals surface area contributed by atoms with Crippen molar-refractivity contribution in [2.45, 2.75) is 25.5 Å². The van der Waals surface area contributed by atoms with Gasteiger partial charge in [-0.3, -0.25) is 14.9 Å². The van der Waals surface area contributed by atoms with Crippen LogP contribution in [0.5, 0.6) is 5.75 Å². The molecule has 0 radical (unpaired) electrons. The number of aromatic amines is 1. The van der Waals surface area contributed by atoms with Gasteiger partial charge in [0.25, 0.3) is 5.91 Å². The van der Waals surface area contributed by atoms with Crippen LogP contribution in [0.25, 0.3) is 0 Å². The number of amides is 1. The summed E-state index contributed by atoms with van der Waals surface area (Å²) >= 11 is 0. The maximum atomic E-state index is 12.1. The molecule has 0 saturated carbocycles. The first-order valence-corrected chi connectivity index (χ1v) is 7.05. The van der Waals surface area contributed by atoms with Crippen molar-refractivity contribution in [2.75, 3.05) is 13.2 Å². The van der Waals surface area contributed by atoms with E-state index in [1.807, 2.05) is 19.1 Å². The number of H-pyrrole nitrogens is 1. The van der Waals surface area contributed by atoms with E-state index in [2.05, 4.69) is 25.5 Å². The summed E-state index contributed by atoms with van der Waals surface area (Å²) in [7, 11) is 0. The molecule has 0 aliphatic carbocycles. The lowest BCUT2D eigenvalue weighted by Crippen LogP contribution is -2.51. The molecule has 0 aromatic carbocycles. The van der Waals surface area contributed by atoms with Crippen LogP contribution in [-0.2, 0) is 4.74 Å². The fourth-order valence-corrected chi connectivity index (χ4v) is 2.24. The smallest absolute Gasteiger partial charge is 0.288 e. The van der Waals surface area contributed by atoms with Gasteiger partial charge in [0.2, 0.25) is 5.82 Å². The van der Waals surface area contributed by atoms with Crippen molar-refractivity contribution in [2.24, 2.45) is 0 Å². The second-order valence-electron chi connectivity index (χ2n) is 5.07. The van der Waals surface area contributed by atoms with E-state index in [9.17, 15) is 4.79 Å². The van der Waals surface area contributed by atoms with Gasteiger partial charge in [-0.05, 0) is 25.5 Å². The zero-order valence-corrected chi connectivity index (χ0v) is 12.2. The first-order valence-electron chi connectivity index (χ1n) is 7.05. The topological polar surface area (TPSA) is 102 Å². The summed E-state index contributed by atoms with van der Waals surface area (Å²) in [5.41, 5.74) is 0.919. The number of rotatable bonds is 4. The van der Waals surface area contributed by atoms with Gasteiger partial charge in [0, 0.05) is 12.3 Å². The quantitative estimate of drug-likeness (QED) is 0.851. The Morgan fingerprint density at radius 3 is 3.09 bits per heavy atom. The van der Waals surface area contributed by atoms with Gasteiger partial charge >= 0.3 is 0 Å². The van der Waals surface area contributed by atoms with Crippen LogP contribution in [0.4, 0.5) is 0 Å². The average Bonchev–Trinajstić information content (AvgIpc) is 3.06. The molecule has 2 aromatic rings. The molecule has 3 rings (SSSR count). The maximum absolute atomic E-state index is 12.1. The summed E-state index contributed by atoms with van der Waals surface area (Å²) < 4.78 is 11.3. The number of hydrogen-bond donors (Lipinski definition) is 2. The van der Waals surface area contributed by atoms with Crippen molar-refractivity contribution >= 4 is 5.91 Å². The number of aromatic nitrogens is 4. The van der Waals surface area contributed by atoms with Crippen molar-refractivity contribution in [3.63, 3.8) is 0 Å². The summed E-state index contributed by atoms with van der Waals surface area (Å²) in [4.78, 5) is 20.1. The highest BCUT2D eigenvalue weighted by Gasteiger charge is 2.29. The number of aryl methyl sites for hydroxylation is 1. The lowest BCUT2D eigenvalue weighted by atomic mass is 10.1. The number of nitrogens with zero attached hydrogens (tertiary/aromatic N) is 3. The van der Waals surface area contributed by atoms with Crippen LogP contribution in [0.2, 0.25) is 0 Å². The van der Waals surface area contributed by atoms with Crippen molar-refractivity contribution in [3.8, 4) is 5.75 Å². The molecule has 1 aliphatic rings. The van der Waals surface area contributed by atoms with Gasteiger partial charge in [0.05, 0.1) is 18.8 Å². The number of pyridine rings is 1. The Labute approximate surface area is 127 Å². The molecule has 116 valence electrons. The standard InChI is InChI=1S/C14H17N5O3/c1-9-2-3-10(6-15-9)22-12-7-21-5-4-11(12)18-14(20)13-16-8-17-19-13/h2-3,6,8,11-12H,4-5,7H2,1H3,(H,18,20)(H,16,17,19)/t11-,12+/m1/s1. The van der Waals surface area contributed by atoms with E-state index in [1.54, 1.807) is 6.20 Å². The molecule has 8 nitrogen and oxygen atoms in total. The molecule has 3 heterocycles. The second kappa shape index (κ2) is 6.52. The molecule has 1 amide bonds. The van der Waals surface area contributed by atoms with Gasteiger partial charge in [-0.25, -0.2) is 4.98 Å². The van der Waals surface area contributed by atoms with E-state index < -0.39 is 0 Å².